The van der Waals surface area contributed by atoms with Crippen LogP contribution >= 0.6 is 0 Å². The van der Waals surface area contributed by atoms with E-state index in [9.17, 15) is 5.11 Å². The standard InChI is InChI=1S/C20H27N3O/c1-22-12-14-23(15-13-22)11-3-4-17-7-9-18(10-8-17)20-6-2-5-19(16-24)21-20/h2,5-10,24H,3-4,11-16H2,1H3. The van der Waals surface area contributed by atoms with Crippen LogP contribution < -0.4 is 0 Å². The smallest absolute Gasteiger partial charge is 0.0853 e. The van der Waals surface area contributed by atoms with Crippen molar-refractivity contribution in [1.82, 2.24) is 14.8 Å². The number of aliphatic hydroxyl groups is 1. The zero-order valence-electron chi connectivity index (χ0n) is 14.5. The van der Waals surface area contributed by atoms with Crippen molar-refractivity contribution in [3.8, 4) is 11.3 Å². The maximum Gasteiger partial charge on any atom is 0.0853 e. The second-order valence-electron chi connectivity index (χ2n) is 6.62. The van der Waals surface area contributed by atoms with Gasteiger partial charge in [0.1, 0.15) is 0 Å². The Kier molecular flexibility index (Phi) is 5.96. The third-order valence-corrected chi connectivity index (χ3v) is 4.75. The van der Waals surface area contributed by atoms with E-state index in [0.717, 1.165) is 17.7 Å². The zero-order valence-corrected chi connectivity index (χ0v) is 14.5. The van der Waals surface area contributed by atoms with Gasteiger partial charge in [-0.15, -0.1) is 0 Å². The number of hydrogen-bond donors (Lipinski definition) is 1. The van der Waals surface area contributed by atoms with Gasteiger partial charge in [-0.2, -0.15) is 0 Å². The zero-order chi connectivity index (χ0) is 16.8. The second-order valence-corrected chi connectivity index (χ2v) is 6.62. The highest BCUT2D eigenvalue weighted by atomic mass is 16.3. The van der Waals surface area contributed by atoms with Crippen LogP contribution in [-0.4, -0.2) is 59.7 Å². The number of likely N-dealkylation sites (N-methyl/N-ethyl adjacent to an activating group) is 1. The van der Waals surface area contributed by atoms with Gasteiger partial charge in [-0.05, 0) is 44.1 Å². The topological polar surface area (TPSA) is 39.6 Å². The quantitative estimate of drug-likeness (QED) is 0.885. The van der Waals surface area contributed by atoms with Crippen molar-refractivity contribution in [3.63, 3.8) is 0 Å². The minimum Gasteiger partial charge on any atom is -0.390 e. The van der Waals surface area contributed by atoms with E-state index in [-0.39, 0.29) is 6.61 Å². The molecule has 1 fully saturated rings. The molecule has 0 radical (unpaired) electrons. The predicted octanol–water partition coefficient (Wildman–Crippen LogP) is 2.42. The molecule has 0 spiro atoms. The van der Waals surface area contributed by atoms with E-state index in [2.05, 4.69) is 46.1 Å². The maximum absolute atomic E-state index is 9.20. The van der Waals surface area contributed by atoms with Crippen LogP contribution in [0.15, 0.2) is 42.5 Å². The lowest BCUT2D eigenvalue weighted by molar-refractivity contribution is 0.153. The summed E-state index contributed by atoms with van der Waals surface area (Å²) < 4.78 is 0. The molecule has 2 aromatic rings. The van der Waals surface area contributed by atoms with Crippen LogP contribution in [-0.2, 0) is 13.0 Å². The summed E-state index contributed by atoms with van der Waals surface area (Å²) in [6, 6.07) is 14.4. The number of piperazine rings is 1. The first kappa shape index (κ1) is 17.1. The molecule has 0 aliphatic carbocycles. The summed E-state index contributed by atoms with van der Waals surface area (Å²) in [7, 11) is 2.20. The average molecular weight is 325 g/mol. The fourth-order valence-electron chi connectivity index (χ4n) is 3.15. The summed E-state index contributed by atoms with van der Waals surface area (Å²) in [6.45, 7) is 5.95. The number of nitrogens with zero attached hydrogens (tertiary/aromatic N) is 3. The fourth-order valence-corrected chi connectivity index (χ4v) is 3.15. The van der Waals surface area contributed by atoms with Gasteiger partial charge in [0, 0.05) is 31.7 Å². The van der Waals surface area contributed by atoms with Gasteiger partial charge in [0.15, 0.2) is 0 Å². The van der Waals surface area contributed by atoms with Crippen LogP contribution in [0.1, 0.15) is 17.7 Å². The second kappa shape index (κ2) is 8.38. The molecule has 2 heterocycles. The highest BCUT2D eigenvalue weighted by molar-refractivity contribution is 5.59. The van der Waals surface area contributed by atoms with Crippen molar-refractivity contribution in [2.75, 3.05) is 39.8 Å². The summed E-state index contributed by atoms with van der Waals surface area (Å²) in [6.07, 6.45) is 2.33. The summed E-state index contributed by atoms with van der Waals surface area (Å²) in [4.78, 5) is 9.43. The van der Waals surface area contributed by atoms with Crippen molar-refractivity contribution in [2.24, 2.45) is 0 Å². The third-order valence-electron chi connectivity index (χ3n) is 4.75. The van der Waals surface area contributed by atoms with Crippen LogP contribution in [0, 0.1) is 0 Å². The number of benzene rings is 1. The Bertz CT molecular complexity index is 634. The molecule has 1 aliphatic heterocycles. The number of aryl methyl sites for hydroxylation is 1. The van der Waals surface area contributed by atoms with E-state index in [0.29, 0.717) is 5.69 Å². The Labute approximate surface area is 144 Å². The van der Waals surface area contributed by atoms with Gasteiger partial charge in [-0.25, -0.2) is 0 Å². The Morgan fingerprint density at radius 2 is 1.75 bits per heavy atom. The molecule has 1 aromatic carbocycles. The Morgan fingerprint density at radius 3 is 2.46 bits per heavy atom. The first-order valence-corrected chi connectivity index (χ1v) is 8.81. The van der Waals surface area contributed by atoms with Crippen molar-refractivity contribution < 1.29 is 5.11 Å². The van der Waals surface area contributed by atoms with Crippen molar-refractivity contribution in [1.29, 1.82) is 0 Å². The molecule has 24 heavy (non-hydrogen) atoms. The lowest BCUT2D eigenvalue weighted by Gasteiger charge is -2.32. The Morgan fingerprint density at radius 1 is 1.00 bits per heavy atom. The molecule has 1 N–H and O–H groups in total. The SMILES string of the molecule is CN1CCN(CCCc2ccc(-c3cccc(CO)n3)cc2)CC1. The van der Waals surface area contributed by atoms with Gasteiger partial charge in [0.05, 0.1) is 18.0 Å². The van der Waals surface area contributed by atoms with Crippen LogP contribution in [0.4, 0.5) is 0 Å². The molecular formula is C20H27N3O. The highest BCUT2D eigenvalue weighted by Crippen LogP contribution is 2.18. The molecule has 128 valence electrons. The summed E-state index contributed by atoms with van der Waals surface area (Å²) >= 11 is 0. The Hall–Kier alpha value is -1.75. The first-order valence-electron chi connectivity index (χ1n) is 8.81. The van der Waals surface area contributed by atoms with E-state index >= 15 is 0 Å². The van der Waals surface area contributed by atoms with Gasteiger partial charge >= 0.3 is 0 Å². The van der Waals surface area contributed by atoms with E-state index in [1.807, 2.05) is 18.2 Å². The molecule has 1 saturated heterocycles. The summed E-state index contributed by atoms with van der Waals surface area (Å²) in [5.74, 6) is 0. The number of rotatable bonds is 6. The van der Waals surface area contributed by atoms with Gasteiger partial charge in [-0.1, -0.05) is 30.3 Å². The number of aromatic nitrogens is 1. The molecular weight excluding hydrogens is 298 g/mol. The molecule has 4 heteroatoms. The van der Waals surface area contributed by atoms with Crippen molar-refractivity contribution in [2.45, 2.75) is 19.4 Å². The molecule has 4 nitrogen and oxygen atoms in total. The minimum atomic E-state index is -0.0157. The minimum absolute atomic E-state index is 0.0157. The number of hydrogen-bond acceptors (Lipinski definition) is 4. The van der Waals surface area contributed by atoms with Crippen LogP contribution in [0.5, 0.6) is 0 Å². The average Bonchev–Trinajstić information content (AvgIpc) is 2.64. The monoisotopic (exact) mass is 325 g/mol. The molecule has 1 aromatic heterocycles. The molecule has 0 saturated carbocycles. The van der Waals surface area contributed by atoms with Gasteiger partial charge in [0.25, 0.3) is 0 Å². The van der Waals surface area contributed by atoms with E-state index in [1.54, 1.807) is 0 Å². The number of pyridine rings is 1. The van der Waals surface area contributed by atoms with Crippen molar-refractivity contribution >= 4 is 0 Å². The van der Waals surface area contributed by atoms with E-state index < -0.39 is 0 Å². The molecule has 1 aliphatic rings. The van der Waals surface area contributed by atoms with Gasteiger partial charge in [-0.3, -0.25) is 4.98 Å². The van der Waals surface area contributed by atoms with Crippen molar-refractivity contribution in [3.05, 3.63) is 53.7 Å². The van der Waals surface area contributed by atoms with E-state index in [4.69, 9.17) is 0 Å². The molecule has 0 bridgehead atoms. The third kappa shape index (κ3) is 4.63. The first-order chi connectivity index (χ1) is 11.7. The fraction of sp³-hybridized carbons (Fsp3) is 0.450. The summed E-state index contributed by atoms with van der Waals surface area (Å²) in [5.41, 5.74) is 4.12. The molecule has 0 amide bonds. The van der Waals surface area contributed by atoms with Gasteiger partial charge in [0.2, 0.25) is 0 Å². The molecule has 3 rings (SSSR count). The maximum atomic E-state index is 9.20. The Balaban J connectivity index is 1.51. The number of aliphatic hydroxyl groups excluding tert-OH is 1. The lowest BCUT2D eigenvalue weighted by atomic mass is 10.0. The largest absolute Gasteiger partial charge is 0.390 e. The van der Waals surface area contributed by atoms with E-state index in [1.165, 1.54) is 44.7 Å². The van der Waals surface area contributed by atoms with Crippen LogP contribution in [0.3, 0.4) is 0 Å². The van der Waals surface area contributed by atoms with Crippen LogP contribution in [0.25, 0.3) is 11.3 Å². The predicted molar refractivity (Wildman–Crippen MR) is 97.9 cm³/mol. The normalized spacial score (nSPS) is 16.4. The summed E-state index contributed by atoms with van der Waals surface area (Å²) in [5, 5.41) is 9.20. The molecule has 0 atom stereocenters. The van der Waals surface area contributed by atoms with Crippen LogP contribution in [0.2, 0.25) is 0 Å². The van der Waals surface area contributed by atoms with Gasteiger partial charge < -0.3 is 14.9 Å². The highest BCUT2D eigenvalue weighted by Gasteiger charge is 2.12. The molecule has 0 unspecified atom stereocenters. The lowest BCUT2D eigenvalue weighted by Crippen LogP contribution is -2.44.